The molecule has 0 atom stereocenters. The van der Waals surface area contributed by atoms with Gasteiger partial charge in [-0.3, -0.25) is 0 Å². The van der Waals surface area contributed by atoms with E-state index in [4.69, 9.17) is 23.2 Å². The van der Waals surface area contributed by atoms with Gasteiger partial charge in [0, 0.05) is 0 Å². The molecular weight excluding hydrogens is 197 g/mol. The standard InChI is InChI=1S/C8H9Cl2NO/c1-8(2,12)5-3-6(9)11-7(10)4-5/h3-4,12H,1-2H3. The Morgan fingerprint density at radius 3 is 2.00 bits per heavy atom. The normalized spacial score (nSPS) is 11.8. The van der Waals surface area contributed by atoms with Crippen molar-refractivity contribution in [3.63, 3.8) is 0 Å². The van der Waals surface area contributed by atoms with Gasteiger partial charge in [0.15, 0.2) is 0 Å². The van der Waals surface area contributed by atoms with Crippen molar-refractivity contribution in [2.45, 2.75) is 19.4 Å². The van der Waals surface area contributed by atoms with Gasteiger partial charge in [0.05, 0.1) is 5.60 Å². The van der Waals surface area contributed by atoms with Crippen LogP contribution in [0.2, 0.25) is 10.3 Å². The van der Waals surface area contributed by atoms with E-state index in [1.165, 1.54) is 0 Å². The molecule has 66 valence electrons. The van der Waals surface area contributed by atoms with Crippen LogP contribution in [0.3, 0.4) is 0 Å². The third kappa shape index (κ3) is 2.34. The topological polar surface area (TPSA) is 33.1 Å². The molecule has 0 saturated heterocycles. The molecule has 0 saturated carbocycles. The summed E-state index contributed by atoms with van der Waals surface area (Å²) in [6, 6.07) is 3.18. The first-order valence-corrected chi connectivity index (χ1v) is 4.21. The Morgan fingerprint density at radius 2 is 1.67 bits per heavy atom. The van der Waals surface area contributed by atoms with Crippen molar-refractivity contribution < 1.29 is 5.11 Å². The number of hydrogen-bond acceptors (Lipinski definition) is 2. The summed E-state index contributed by atoms with van der Waals surface area (Å²) in [5.74, 6) is 0. The van der Waals surface area contributed by atoms with Crippen LogP contribution in [0.1, 0.15) is 19.4 Å². The first-order valence-electron chi connectivity index (χ1n) is 3.45. The fourth-order valence-electron chi connectivity index (χ4n) is 0.818. The molecule has 1 aromatic heterocycles. The molecular formula is C8H9Cl2NO. The molecule has 0 spiro atoms. The number of hydrogen-bond donors (Lipinski definition) is 1. The van der Waals surface area contributed by atoms with Crippen molar-refractivity contribution in [3.8, 4) is 0 Å². The van der Waals surface area contributed by atoms with Crippen LogP contribution in [0.5, 0.6) is 0 Å². The summed E-state index contributed by atoms with van der Waals surface area (Å²) in [6.45, 7) is 3.32. The lowest BCUT2D eigenvalue weighted by molar-refractivity contribution is 0.0785. The highest BCUT2D eigenvalue weighted by atomic mass is 35.5. The number of rotatable bonds is 1. The summed E-state index contributed by atoms with van der Waals surface area (Å²) in [7, 11) is 0. The van der Waals surface area contributed by atoms with Crippen LogP contribution in [-0.2, 0) is 5.60 Å². The zero-order valence-electron chi connectivity index (χ0n) is 6.81. The SMILES string of the molecule is CC(C)(O)c1cc(Cl)nc(Cl)c1. The van der Waals surface area contributed by atoms with Gasteiger partial charge in [-0.1, -0.05) is 23.2 Å². The van der Waals surface area contributed by atoms with Gasteiger partial charge in [0.25, 0.3) is 0 Å². The number of pyridine rings is 1. The Balaban J connectivity index is 3.18. The smallest absolute Gasteiger partial charge is 0.131 e. The summed E-state index contributed by atoms with van der Waals surface area (Å²) < 4.78 is 0. The second-order valence-electron chi connectivity index (χ2n) is 3.06. The summed E-state index contributed by atoms with van der Waals surface area (Å²) in [5.41, 5.74) is -0.275. The van der Waals surface area contributed by atoms with E-state index >= 15 is 0 Å². The molecule has 0 amide bonds. The van der Waals surface area contributed by atoms with E-state index < -0.39 is 5.60 Å². The summed E-state index contributed by atoms with van der Waals surface area (Å²) in [5, 5.41) is 10.2. The van der Waals surface area contributed by atoms with Gasteiger partial charge in [-0.15, -0.1) is 0 Å². The van der Waals surface area contributed by atoms with Crippen molar-refractivity contribution in [1.29, 1.82) is 0 Å². The molecule has 0 aliphatic rings. The molecule has 1 N–H and O–H groups in total. The average Bonchev–Trinajstić information content (AvgIpc) is 1.82. The Labute approximate surface area is 81.1 Å². The molecule has 1 heterocycles. The third-order valence-corrected chi connectivity index (χ3v) is 1.86. The van der Waals surface area contributed by atoms with Crippen molar-refractivity contribution in [2.75, 3.05) is 0 Å². The minimum atomic E-state index is -0.934. The molecule has 0 unspecified atom stereocenters. The van der Waals surface area contributed by atoms with Crippen LogP contribution in [0.4, 0.5) is 0 Å². The molecule has 0 aromatic carbocycles. The number of aromatic nitrogens is 1. The summed E-state index contributed by atoms with van der Waals surface area (Å²) in [6.07, 6.45) is 0. The van der Waals surface area contributed by atoms with E-state index in [1.807, 2.05) is 0 Å². The zero-order valence-corrected chi connectivity index (χ0v) is 8.32. The molecule has 1 rings (SSSR count). The zero-order chi connectivity index (χ0) is 9.35. The van der Waals surface area contributed by atoms with Gasteiger partial charge in [-0.05, 0) is 31.5 Å². The lowest BCUT2D eigenvalue weighted by atomic mass is 10.0. The maximum Gasteiger partial charge on any atom is 0.131 e. The van der Waals surface area contributed by atoms with E-state index in [1.54, 1.807) is 26.0 Å². The molecule has 12 heavy (non-hydrogen) atoms. The molecule has 0 bridgehead atoms. The highest BCUT2D eigenvalue weighted by Crippen LogP contribution is 2.24. The lowest BCUT2D eigenvalue weighted by Gasteiger charge is -2.17. The quantitative estimate of drug-likeness (QED) is 0.716. The number of nitrogens with zero attached hydrogens (tertiary/aromatic N) is 1. The van der Waals surface area contributed by atoms with Crippen molar-refractivity contribution in [2.24, 2.45) is 0 Å². The minimum Gasteiger partial charge on any atom is -0.386 e. The average molecular weight is 206 g/mol. The Morgan fingerprint density at radius 1 is 1.25 bits per heavy atom. The van der Waals surface area contributed by atoms with Crippen LogP contribution in [0, 0.1) is 0 Å². The maximum atomic E-state index is 9.59. The van der Waals surface area contributed by atoms with E-state index in [-0.39, 0.29) is 0 Å². The van der Waals surface area contributed by atoms with Crippen LogP contribution in [-0.4, -0.2) is 10.1 Å². The maximum absolute atomic E-state index is 9.59. The second-order valence-corrected chi connectivity index (χ2v) is 3.83. The van der Waals surface area contributed by atoms with E-state index in [0.717, 1.165) is 0 Å². The lowest BCUT2D eigenvalue weighted by Crippen LogP contribution is -2.15. The summed E-state index contributed by atoms with van der Waals surface area (Å²) >= 11 is 11.3. The predicted octanol–water partition coefficient (Wildman–Crippen LogP) is 2.62. The fourth-order valence-corrected chi connectivity index (χ4v) is 1.28. The first-order chi connectivity index (χ1) is 5.39. The largest absolute Gasteiger partial charge is 0.386 e. The Hall–Kier alpha value is -0.310. The molecule has 0 aliphatic carbocycles. The van der Waals surface area contributed by atoms with Crippen LogP contribution >= 0.6 is 23.2 Å². The van der Waals surface area contributed by atoms with Crippen LogP contribution < -0.4 is 0 Å². The molecule has 0 radical (unpaired) electrons. The monoisotopic (exact) mass is 205 g/mol. The Kier molecular flexibility index (Phi) is 2.61. The van der Waals surface area contributed by atoms with Crippen LogP contribution in [0.15, 0.2) is 12.1 Å². The first kappa shape index (κ1) is 9.78. The van der Waals surface area contributed by atoms with Gasteiger partial charge >= 0.3 is 0 Å². The molecule has 2 nitrogen and oxygen atoms in total. The van der Waals surface area contributed by atoms with E-state index in [0.29, 0.717) is 15.9 Å². The van der Waals surface area contributed by atoms with Gasteiger partial charge in [-0.2, -0.15) is 0 Å². The summed E-state index contributed by atoms with van der Waals surface area (Å²) in [4.78, 5) is 3.77. The number of halogens is 2. The highest BCUT2D eigenvalue weighted by molar-refractivity contribution is 6.32. The van der Waals surface area contributed by atoms with Gasteiger partial charge < -0.3 is 5.11 Å². The van der Waals surface area contributed by atoms with Gasteiger partial charge in [0.1, 0.15) is 10.3 Å². The molecule has 4 heteroatoms. The van der Waals surface area contributed by atoms with E-state index in [2.05, 4.69) is 4.98 Å². The second kappa shape index (κ2) is 3.21. The van der Waals surface area contributed by atoms with Crippen LogP contribution in [0.25, 0.3) is 0 Å². The van der Waals surface area contributed by atoms with Crippen molar-refractivity contribution in [1.82, 2.24) is 4.98 Å². The van der Waals surface area contributed by atoms with Crippen molar-refractivity contribution in [3.05, 3.63) is 28.0 Å². The molecule has 0 aliphatic heterocycles. The number of aliphatic hydroxyl groups is 1. The van der Waals surface area contributed by atoms with Gasteiger partial charge in [-0.25, -0.2) is 4.98 Å². The molecule has 0 fully saturated rings. The Bertz CT molecular complexity index is 273. The van der Waals surface area contributed by atoms with E-state index in [9.17, 15) is 5.11 Å². The predicted molar refractivity (Wildman–Crippen MR) is 49.5 cm³/mol. The fraction of sp³-hybridized carbons (Fsp3) is 0.375. The minimum absolute atomic E-state index is 0.291. The third-order valence-electron chi connectivity index (χ3n) is 1.47. The van der Waals surface area contributed by atoms with Crippen molar-refractivity contribution >= 4 is 23.2 Å². The highest BCUT2D eigenvalue weighted by Gasteiger charge is 2.17. The molecule has 1 aromatic rings. The van der Waals surface area contributed by atoms with Gasteiger partial charge in [0.2, 0.25) is 0 Å².